The highest BCUT2D eigenvalue weighted by Gasteiger charge is 2.30. The number of nitrogens with one attached hydrogen (secondary N) is 2. The van der Waals surface area contributed by atoms with Gasteiger partial charge < -0.3 is 20.3 Å². The van der Waals surface area contributed by atoms with Crippen molar-refractivity contribution in [3.05, 3.63) is 46.7 Å². The molecule has 1 aromatic carbocycles. The van der Waals surface area contributed by atoms with Gasteiger partial charge in [0.2, 0.25) is 5.91 Å². The Kier molecular flexibility index (Phi) is 6.05. The first-order valence-electron chi connectivity index (χ1n) is 8.64. The number of benzene rings is 1. The third-order valence-electron chi connectivity index (χ3n) is 4.12. The van der Waals surface area contributed by atoms with Crippen molar-refractivity contribution in [2.24, 2.45) is 0 Å². The van der Waals surface area contributed by atoms with Crippen LogP contribution in [0.1, 0.15) is 23.0 Å². The maximum absolute atomic E-state index is 12.7. The highest BCUT2D eigenvalue weighted by Crippen LogP contribution is 2.31. The van der Waals surface area contributed by atoms with Crippen LogP contribution in [0.3, 0.4) is 0 Å². The Bertz CT molecular complexity index is 897. The molecule has 0 spiro atoms. The molecule has 146 valence electrons. The van der Waals surface area contributed by atoms with E-state index in [2.05, 4.69) is 10.6 Å². The number of para-hydroxylation sites is 2. The summed E-state index contributed by atoms with van der Waals surface area (Å²) in [5.41, 5.74) is 1.08. The van der Waals surface area contributed by atoms with E-state index in [1.807, 2.05) is 0 Å². The molecule has 1 aliphatic heterocycles. The Balaban J connectivity index is 1.58. The van der Waals surface area contributed by atoms with Gasteiger partial charge in [0.05, 0.1) is 16.3 Å². The van der Waals surface area contributed by atoms with Crippen molar-refractivity contribution in [2.45, 2.75) is 19.4 Å². The van der Waals surface area contributed by atoms with Gasteiger partial charge in [0.25, 0.3) is 11.8 Å². The lowest BCUT2D eigenvalue weighted by molar-refractivity contribution is -0.146. The zero-order valence-corrected chi connectivity index (χ0v) is 16.0. The number of hydrogen-bond acceptors (Lipinski definition) is 6. The van der Waals surface area contributed by atoms with Crippen molar-refractivity contribution in [1.29, 1.82) is 0 Å². The summed E-state index contributed by atoms with van der Waals surface area (Å²) in [4.78, 5) is 50.3. The molecule has 28 heavy (non-hydrogen) atoms. The number of carbonyl (C=O) groups excluding carboxylic acids is 4. The van der Waals surface area contributed by atoms with Crippen LogP contribution in [-0.2, 0) is 19.1 Å². The molecule has 0 saturated heterocycles. The molecule has 9 heteroatoms. The molecule has 2 aromatic rings. The summed E-state index contributed by atoms with van der Waals surface area (Å²) in [6.07, 6.45) is 0.130. The van der Waals surface area contributed by atoms with Crippen molar-refractivity contribution < 1.29 is 23.9 Å². The predicted molar refractivity (Wildman–Crippen MR) is 104 cm³/mol. The minimum atomic E-state index is -0.719. The predicted octanol–water partition coefficient (Wildman–Crippen LogP) is 1.78. The van der Waals surface area contributed by atoms with Crippen LogP contribution in [0.5, 0.6) is 0 Å². The molecular formula is C19H19N3O5S. The number of nitrogens with zero attached hydrogens (tertiary/aromatic N) is 1. The van der Waals surface area contributed by atoms with Gasteiger partial charge in [-0.15, -0.1) is 11.3 Å². The fourth-order valence-electron chi connectivity index (χ4n) is 2.88. The van der Waals surface area contributed by atoms with Crippen molar-refractivity contribution in [3.8, 4) is 0 Å². The van der Waals surface area contributed by atoms with Crippen LogP contribution >= 0.6 is 11.3 Å². The van der Waals surface area contributed by atoms with Crippen LogP contribution in [0, 0.1) is 0 Å². The second kappa shape index (κ2) is 8.66. The molecule has 0 unspecified atom stereocenters. The molecule has 0 bridgehead atoms. The van der Waals surface area contributed by atoms with Crippen molar-refractivity contribution >= 4 is 46.4 Å². The Morgan fingerprint density at radius 3 is 2.79 bits per heavy atom. The first kappa shape index (κ1) is 19.6. The summed E-state index contributed by atoms with van der Waals surface area (Å²) in [7, 11) is 0. The lowest BCUT2D eigenvalue weighted by Crippen LogP contribution is -2.42. The van der Waals surface area contributed by atoms with Crippen molar-refractivity contribution in [2.75, 3.05) is 23.4 Å². The van der Waals surface area contributed by atoms with Crippen LogP contribution in [0.2, 0.25) is 0 Å². The van der Waals surface area contributed by atoms with Gasteiger partial charge in [-0.2, -0.15) is 0 Å². The number of rotatable bonds is 5. The van der Waals surface area contributed by atoms with Gasteiger partial charge in [-0.1, -0.05) is 18.2 Å². The van der Waals surface area contributed by atoms with Gasteiger partial charge in [-0.3, -0.25) is 19.2 Å². The topological polar surface area (TPSA) is 105 Å². The maximum atomic E-state index is 12.7. The van der Waals surface area contributed by atoms with Crippen LogP contribution in [0.25, 0.3) is 0 Å². The van der Waals surface area contributed by atoms with Gasteiger partial charge >= 0.3 is 5.97 Å². The second-order valence-electron chi connectivity index (χ2n) is 6.20. The molecule has 0 aliphatic carbocycles. The maximum Gasteiger partial charge on any atom is 0.325 e. The number of hydrogen-bond donors (Lipinski definition) is 2. The summed E-state index contributed by atoms with van der Waals surface area (Å²) in [6.45, 7) is 0.930. The zero-order chi connectivity index (χ0) is 20.1. The van der Waals surface area contributed by atoms with Gasteiger partial charge in [0, 0.05) is 12.5 Å². The molecule has 0 radical (unpaired) electrons. The smallest absolute Gasteiger partial charge is 0.325 e. The quantitative estimate of drug-likeness (QED) is 0.743. The van der Waals surface area contributed by atoms with E-state index in [-0.39, 0.29) is 24.8 Å². The van der Waals surface area contributed by atoms with E-state index < -0.39 is 24.5 Å². The third kappa shape index (κ3) is 4.55. The van der Waals surface area contributed by atoms with Crippen LogP contribution in [0.4, 0.5) is 11.4 Å². The molecule has 3 rings (SSSR count). The third-order valence-corrected chi connectivity index (χ3v) is 4.99. The number of esters is 1. The van der Waals surface area contributed by atoms with Gasteiger partial charge in [-0.25, -0.2) is 0 Å². The molecule has 3 amide bonds. The average Bonchev–Trinajstić information content (AvgIpc) is 3.16. The normalized spacial score (nSPS) is 15.8. The number of ether oxygens (including phenoxy) is 1. The van der Waals surface area contributed by atoms with Crippen LogP contribution in [-0.4, -0.2) is 42.9 Å². The van der Waals surface area contributed by atoms with Gasteiger partial charge in [-0.05, 0) is 30.5 Å². The van der Waals surface area contributed by atoms with Gasteiger partial charge in [0.15, 0.2) is 6.61 Å². The summed E-state index contributed by atoms with van der Waals surface area (Å²) in [5.74, 6) is -1.74. The highest BCUT2D eigenvalue weighted by molar-refractivity contribution is 7.12. The van der Waals surface area contributed by atoms with E-state index in [0.717, 1.165) is 0 Å². The van der Waals surface area contributed by atoms with E-state index in [0.29, 0.717) is 16.3 Å². The van der Waals surface area contributed by atoms with Gasteiger partial charge in [0.1, 0.15) is 6.54 Å². The summed E-state index contributed by atoms with van der Waals surface area (Å²) in [5, 5.41) is 6.96. The van der Waals surface area contributed by atoms with Crippen LogP contribution in [0.15, 0.2) is 41.8 Å². The fourth-order valence-corrected chi connectivity index (χ4v) is 3.52. The number of anilines is 2. The van der Waals surface area contributed by atoms with Crippen LogP contribution < -0.4 is 15.5 Å². The molecule has 0 fully saturated rings. The number of fused-ring (bicyclic) bond motifs is 1. The molecule has 2 heterocycles. The Hall–Kier alpha value is -3.20. The van der Waals surface area contributed by atoms with E-state index >= 15 is 0 Å². The molecule has 2 N–H and O–H groups in total. The number of thiophene rings is 1. The largest absolute Gasteiger partial charge is 0.454 e. The first-order valence-corrected chi connectivity index (χ1v) is 9.52. The zero-order valence-electron chi connectivity index (χ0n) is 15.1. The SMILES string of the molecule is C[C@H]1CC(=O)Nc2ccccc2N1C(=O)COC(=O)CNC(=O)c1cccs1. The lowest BCUT2D eigenvalue weighted by Gasteiger charge is -2.27. The Morgan fingerprint density at radius 1 is 1.25 bits per heavy atom. The van der Waals surface area contributed by atoms with E-state index in [1.54, 1.807) is 48.7 Å². The van der Waals surface area contributed by atoms with Crippen molar-refractivity contribution in [3.63, 3.8) is 0 Å². The fraction of sp³-hybridized carbons (Fsp3) is 0.263. The Labute approximate surface area is 165 Å². The monoisotopic (exact) mass is 401 g/mol. The highest BCUT2D eigenvalue weighted by atomic mass is 32.1. The molecule has 1 aromatic heterocycles. The average molecular weight is 401 g/mol. The molecule has 1 atom stereocenters. The standard InChI is InChI=1S/C19H19N3O5S/c1-12-9-16(23)21-13-5-2-3-6-14(13)22(12)17(24)11-27-18(25)10-20-19(26)15-7-4-8-28-15/h2-8,12H,9-11H2,1H3,(H,20,26)(H,21,23)/t12-/m0/s1. The lowest BCUT2D eigenvalue weighted by atomic mass is 10.1. The molecular weight excluding hydrogens is 382 g/mol. The summed E-state index contributed by atoms with van der Waals surface area (Å²) < 4.78 is 5.01. The number of carbonyl (C=O) groups is 4. The first-order chi connectivity index (χ1) is 13.5. The summed E-state index contributed by atoms with van der Waals surface area (Å²) >= 11 is 1.26. The Morgan fingerprint density at radius 2 is 2.04 bits per heavy atom. The minimum absolute atomic E-state index is 0.130. The van der Waals surface area contributed by atoms with E-state index in [1.165, 1.54) is 16.2 Å². The molecule has 1 aliphatic rings. The molecule has 0 saturated carbocycles. The number of amides is 3. The minimum Gasteiger partial charge on any atom is -0.454 e. The van der Waals surface area contributed by atoms with E-state index in [9.17, 15) is 19.2 Å². The van der Waals surface area contributed by atoms with E-state index in [4.69, 9.17) is 4.74 Å². The summed E-state index contributed by atoms with van der Waals surface area (Å²) in [6, 6.07) is 9.92. The van der Waals surface area contributed by atoms with Crippen molar-refractivity contribution in [1.82, 2.24) is 5.32 Å². The molecule has 8 nitrogen and oxygen atoms in total. The second-order valence-corrected chi connectivity index (χ2v) is 7.15.